The molecule has 1 aliphatic rings. The Balaban J connectivity index is 2.24. The van der Waals surface area contributed by atoms with Crippen LogP contribution in [0.15, 0.2) is 0 Å². The molecule has 1 saturated heterocycles. The predicted molar refractivity (Wildman–Crippen MR) is 83.9 cm³/mol. The molecular formula is C14H31N3O2S. The zero-order chi connectivity index (χ0) is 14.8. The first kappa shape index (κ1) is 17.9. The van der Waals surface area contributed by atoms with Crippen molar-refractivity contribution in [2.75, 3.05) is 32.7 Å². The van der Waals surface area contributed by atoms with Crippen molar-refractivity contribution in [1.29, 1.82) is 0 Å². The highest BCUT2D eigenvalue weighted by atomic mass is 32.2. The molecule has 120 valence electrons. The lowest BCUT2D eigenvalue weighted by molar-refractivity contribution is 0.266. The summed E-state index contributed by atoms with van der Waals surface area (Å²) in [6.45, 7) is 8.12. The summed E-state index contributed by atoms with van der Waals surface area (Å²) in [5, 5.41) is 3.34. The molecule has 0 aromatic carbocycles. The van der Waals surface area contributed by atoms with Crippen molar-refractivity contribution in [3.8, 4) is 0 Å². The van der Waals surface area contributed by atoms with E-state index in [-0.39, 0.29) is 0 Å². The molecule has 0 aromatic heterocycles. The van der Waals surface area contributed by atoms with E-state index in [1.54, 1.807) is 4.31 Å². The first-order valence-electron chi connectivity index (χ1n) is 8.05. The van der Waals surface area contributed by atoms with Crippen molar-refractivity contribution < 1.29 is 8.42 Å². The van der Waals surface area contributed by atoms with Crippen molar-refractivity contribution in [2.24, 2.45) is 5.92 Å². The van der Waals surface area contributed by atoms with E-state index in [1.165, 1.54) is 12.8 Å². The number of nitrogens with one attached hydrogen (secondary N) is 2. The number of nitrogens with zero attached hydrogens (tertiary/aromatic N) is 1. The number of unbranched alkanes of at least 4 members (excludes halogenated alkanes) is 3. The Morgan fingerprint density at radius 2 is 1.80 bits per heavy atom. The SMILES string of the molecule is CCCCCCNS(=O)(=O)N1CCC(CNCC)CC1. The summed E-state index contributed by atoms with van der Waals surface area (Å²) >= 11 is 0. The van der Waals surface area contributed by atoms with Crippen LogP contribution in [0.1, 0.15) is 52.4 Å². The van der Waals surface area contributed by atoms with Gasteiger partial charge in [-0.1, -0.05) is 33.1 Å². The minimum Gasteiger partial charge on any atom is -0.317 e. The van der Waals surface area contributed by atoms with Crippen LogP contribution in [0.2, 0.25) is 0 Å². The molecule has 0 amide bonds. The van der Waals surface area contributed by atoms with Crippen LogP contribution >= 0.6 is 0 Å². The molecule has 20 heavy (non-hydrogen) atoms. The van der Waals surface area contributed by atoms with E-state index in [9.17, 15) is 8.42 Å². The second-order valence-electron chi connectivity index (χ2n) is 5.61. The normalized spacial score (nSPS) is 18.5. The molecule has 1 heterocycles. The summed E-state index contributed by atoms with van der Waals surface area (Å²) < 4.78 is 28.6. The van der Waals surface area contributed by atoms with Crippen LogP contribution in [-0.2, 0) is 10.2 Å². The van der Waals surface area contributed by atoms with E-state index in [2.05, 4.69) is 23.9 Å². The van der Waals surface area contributed by atoms with Gasteiger partial charge in [-0.15, -0.1) is 0 Å². The van der Waals surface area contributed by atoms with Gasteiger partial charge in [0.15, 0.2) is 0 Å². The molecule has 0 saturated carbocycles. The Morgan fingerprint density at radius 1 is 1.10 bits per heavy atom. The molecule has 0 radical (unpaired) electrons. The van der Waals surface area contributed by atoms with E-state index in [0.717, 1.165) is 38.8 Å². The lowest BCUT2D eigenvalue weighted by Gasteiger charge is -2.31. The van der Waals surface area contributed by atoms with Gasteiger partial charge in [0.1, 0.15) is 0 Å². The largest absolute Gasteiger partial charge is 0.317 e. The average Bonchev–Trinajstić information content (AvgIpc) is 2.45. The maximum atomic E-state index is 12.1. The molecule has 1 fully saturated rings. The van der Waals surface area contributed by atoms with Crippen molar-refractivity contribution in [2.45, 2.75) is 52.4 Å². The highest BCUT2D eigenvalue weighted by Crippen LogP contribution is 2.18. The van der Waals surface area contributed by atoms with E-state index in [4.69, 9.17) is 0 Å². The molecular weight excluding hydrogens is 274 g/mol. The zero-order valence-electron chi connectivity index (χ0n) is 13.0. The quantitative estimate of drug-likeness (QED) is 0.604. The molecule has 0 spiro atoms. The monoisotopic (exact) mass is 305 g/mol. The number of rotatable bonds is 10. The molecule has 1 rings (SSSR count). The molecule has 2 N–H and O–H groups in total. The first-order valence-corrected chi connectivity index (χ1v) is 9.49. The Bertz CT molecular complexity index is 338. The molecule has 0 bridgehead atoms. The molecule has 0 aliphatic carbocycles. The van der Waals surface area contributed by atoms with Gasteiger partial charge in [-0.3, -0.25) is 0 Å². The van der Waals surface area contributed by atoms with Gasteiger partial charge in [0, 0.05) is 19.6 Å². The fraction of sp³-hybridized carbons (Fsp3) is 1.00. The van der Waals surface area contributed by atoms with E-state index in [0.29, 0.717) is 25.6 Å². The fourth-order valence-corrected chi connectivity index (χ4v) is 3.82. The Hall–Kier alpha value is -0.170. The highest BCUT2D eigenvalue weighted by molar-refractivity contribution is 7.87. The standard InChI is InChI=1S/C14H31N3O2S/c1-3-5-6-7-10-16-20(18,19)17-11-8-14(9-12-17)13-15-4-2/h14-16H,3-13H2,1-2H3. The van der Waals surface area contributed by atoms with Crippen LogP contribution in [0.5, 0.6) is 0 Å². The van der Waals surface area contributed by atoms with Gasteiger partial charge in [0.05, 0.1) is 0 Å². The van der Waals surface area contributed by atoms with Crippen molar-refractivity contribution in [3.63, 3.8) is 0 Å². The summed E-state index contributed by atoms with van der Waals surface area (Å²) in [5.41, 5.74) is 0. The van der Waals surface area contributed by atoms with Gasteiger partial charge < -0.3 is 5.32 Å². The topological polar surface area (TPSA) is 61.4 Å². The summed E-state index contributed by atoms with van der Waals surface area (Å²) in [6.07, 6.45) is 6.31. The molecule has 6 heteroatoms. The summed E-state index contributed by atoms with van der Waals surface area (Å²) in [7, 11) is -3.25. The van der Waals surface area contributed by atoms with Crippen LogP contribution in [0, 0.1) is 5.92 Å². The lowest BCUT2D eigenvalue weighted by atomic mass is 9.98. The van der Waals surface area contributed by atoms with Crippen LogP contribution in [-0.4, -0.2) is 45.4 Å². The van der Waals surface area contributed by atoms with Crippen molar-refractivity contribution >= 4 is 10.2 Å². The van der Waals surface area contributed by atoms with Gasteiger partial charge >= 0.3 is 0 Å². The van der Waals surface area contributed by atoms with E-state index >= 15 is 0 Å². The van der Waals surface area contributed by atoms with Crippen molar-refractivity contribution in [1.82, 2.24) is 14.3 Å². The maximum absolute atomic E-state index is 12.1. The summed E-state index contributed by atoms with van der Waals surface area (Å²) in [4.78, 5) is 0. The minimum absolute atomic E-state index is 0.569. The molecule has 0 atom stereocenters. The fourth-order valence-electron chi connectivity index (χ4n) is 2.55. The molecule has 0 unspecified atom stereocenters. The maximum Gasteiger partial charge on any atom is 0.279 e. The molecule has 0 aromatic rings. The zero-order valence-corrected chi connectivity index (χ0v) is 13.8. The first-order chi connectivity index (χ1) is 9.60. The van der Waals surface area contributed by atoms with Crippen LogP contribution in [0.25, 0.3) is 0 Å². The van der Waals surface area contributed by atoms with E-state index < -0.39 is 10.2 Å². The smallest absolute Gasteiger partial charge is 0.279 e. The van der Waals surface area contributed by atoms with Gasteiger partial charge in [0.2, 0.25) is 0 Å². The van der Waals surface area contributed by atoms with Gasteiger partial charge in [-0.25, -0.2) is 4.72 Å². The lowest BCUT2D eigenvalue weighted by Crippen LogP contribution is -2.46. The second kappa shape index (κ2) is 9.71. The third-order valence-corrected chi connectivity index (χ3v) is 5.53. The third-order valence-electron chi connectivity index (χ3n) is 3.91. The minimum atomic E-state index is -3.25. The summed E-state index contributed by atoms with van der Waals surface area (Å²) in [5.74, 6) is 0.617. The van der Waals surface area contributed by atoms with Crippen LogP contribution < -0.4 is 10.0 Å². The average molecular weight is 305 g/mol. The van der Waals surface area contributed by atoms with Crippen molar-refractivity contribution in [3.05, 3.63) is 0 Å². The highest BCUT2D eigenvalue weighted by Gasteiger charge is 2.27. The van der Waals surface area contributed by atoms with Crippen LogP contribution in [0.3, 0.4) is 0 Å². The Kier molecular flexibility index (Phi) is 8.68. The van der Waals surface area contributed by atoms with Gasteiger partial charge in [-0.2, -0.15) is 12.7 Å². The van der Waals surface area contributed by atoms with Gasteiger partial charge in [-0.05, 0) is 38.3 Å². The van der Waals surface area contributed by atoms with Gasteiger partial charge in [0.25, 0.3) is 10.2 Å². The van der Waals surface area contributed by atoms with Crippen LogP contribution in [0.4, 0.5) is 0 Å². The predicted octanol–water partition coefficient (Wildman–Crippen LogP) is 1.72. The molecule has 1 aliphatic heterocycles. The summed E-state index contributed by atoms with van der Waals surface area (Å²) in [6, 6.07) is 0. The second-order valence-corrected chi connectivity index (χ2v) is 7.37. The number of piperidine rings is 1. The number of hydrogen-bond donors (Lipinski definition) is 2. The number of hydrogen-bond acceptors (Lipinski definition) is 3. The Morgan fingerprint density at radius 3 is 2.40 bits per heavy atom. The molecule has 5 nitrogen and oxygen atoms in total. The van der Waals surface area contributed by atoms with E-state index in [1.807, 2.05) is 0 Å². The third kappa shape index (κ3) is 6.52. The Labute approximate surface area is 124 Å².